The number of hydrogen-bond donors (Lipinski definition) is 1. The molecule has 1 unspecified atom stereocenters. The van der Waals surface area contributed by atoms with Gasteiger partial charge in [0.1, 0.15) is 0 Å². The van der Waals surface area contributed by atoms with Crippen LogP contribution in [0.5, 0.6) is 5.75 Å². The fourth-order valence-electron chi connectivity index (χ4n) is 1.79. The first-order chi connectivity index (χ1) is 10.6. The number of carbonyl (C=O) groups is 1. The average molecular weight is 301 g/mol. The molecule has 0 aliphatic rings. The van der Waals surface area contributed by atoms with E-state index in [1.165, 1.54) is 25.1 Å². The number of benzene rings is 1. The van der Waals surface area contributed by atoms with E-state index in [9.17, 15) is 14.9 Å². The van der Waals surface area contributed by atoms with Crippen molar-refractivity contribution in [3.8, 4) is 5.75 Å². The van der Waals surface area contributed by atoms with Gasteiger partial charge in [-0.25, -0.2) is 0 Å². The fraction of sp³-hybridized carbons (Fsp3) is 0.200. The molecule has 0 bridgehead atoms. The highest BCUT2D eigenvalue weighted by molar-refractivity contribution is 5.80. The molecule has 0 aliphatic carbocycles. The van der Waals surface area contributed by atoms with Crippen molar-refractivity contribution in [2.24, 2.45) is 0 Å². The minimum absolute atomic E-state index is 0.0662. The summed E-state index contributed by atoms with van der Waals surface area (Å²) < 4.78 is 5.39. The molecule has 1 aromatic carbocycles. The molecule has 7 heteroatoms. The zero-order valence-corrected chi connectivity index (χ0v) is 11.9. The predicted octanol–water partition coefficient (Wildman–Crippen LogP) is 2.07. The monoisotopic (exact) mass is 301 g/mol. The van der Waals surface area contributed by atoms with Crippen LogP contribution in [0, 0.1) is 10.1 Å². The van der Waals surface area contributed by atoms with E-state index in [-0.39, 0.29) is 17.3 Å². The Hall–Kier alpha value is -2.96. The third kappa shape index (κ3) is 4.02. The average Bonchev–Trinajstić information content (AvgIpc) is 2.53. The molecule has 1 atom stereocenters. The fourth-order valence-corrected chi connectivity index (χ4v) is 1.79. The van der Waals surface area contributed by atoms with Crippen LogP contribution in [0.3, 0.4) is 0 Å². The van der Waals surface area contributed by atoms with Gasteiger partial charge in [-0.05, 0) is 24.6 Å². The molecule has 0 fully saturated rings. The first-order valence-corrected chi connectivity index (χ1v) is 6.64. The maximum absolute atomic E-state index is 12.0. The van der Waals surface area contributed by atoms with E-state index >= 15 is 0 Å². The van der Waals surface area contributed by atoms with Crippen molar-refractivity contribution in [1.82, 2.24) is 10.3 Å². The first-order valence-electron chi connectivity index (χ1n) is 6.64. The van der Waals surface area contributed by atoms with Crippen LogP contribution in [0.2, 0.25) is 0 Å². The van der Waals surface area contributed by atoms with Crippen molar-refractivity contribution >= 4 is 11.6 Å². The third-order valence-electron chi connectivity index (χ3n) is 2.92. The van der Waals surface area contributed by atoms with Crippen molar-refractivity contribution in [3.05, 3.63) is 64.5 Å². The van der Waals surface area contributed by atoms with Crippen molar-refractivity contribution in [1.29, 1.82) is 0 Å². The number of para-hydroxylation sites is 2. The number of nitro benzene ring substituents is 1. The van der Waals surface area contributed by atoms with Gasteiger partial charge in [-0.3, -0.25) is 19.9 Å². The van der Waals surface area contributed by atoms with Crippen LogP contribution in [0.25, 0.3) is 0 Å². The summed E-state index contributed by atoms with van der Waals surface area (Å²) in [7, 11) is 0. The smallest absolute Gasteiger partial charge is 0.310 e. The Kier molecular flexibility index (Phi) is 5.02. The maximum Gasteiger partial charge on any atom is 0.310 e. The largest absolute Gasteiger partial charge is 0.474 e. The van der Waals surface area contributed by atoms with Crippen molar-refractivity contribution < 1.29 is 14.5 Å². The maximum atomic E-state index is 12.0. The predicted molar refractivity (Wildman–Crippen MR) is 79.3 cm³/mol. The number of hydrogen-bond acceptors (Lipinski definition) is 5. The topological polar surface area (TPSA) is 94.4 Å². The van der Waals surface area contributed by atoms with Gasteiger partial charge >= 0.3 is 5.69 Å². The van der Waals surface area contributed by atoms with E-state index in [0.29, 0.717) is 6.54 Å². The summed E-state index contributed by atoms with van der Waals surface area (Å²) in [6.45, 7) is 1.85. The second-order valence-electron chi connectivity index (χ2n) is 4.56. The first kappa shape index (κ1) is 15.4. The Bertz CT molecular complexity index is 661. The number of carbonyl (C=O) groups excluding carboxylic acids is 1. The molecule has 1 aromatic heterocycles. The minimum atomic E-state index is -0.849. The molecule has 2 rings (SSSR count). The molecule has 1 amide bonds. The van der Waals surface area contributed by atoms with Gasteiger partial charge in [0.25, 0.3) is 5.91 Å². The van der Waals surface area contributed by atoms with Crippen LogP contribution in [0.15, 0.2) is 48.8 Å². The zero-order valence-electron chi connectivity index (χ0n) is 11.9. The highest BCUT2D eigenvalue weighted by atomic mass is 16.6. The number of amides is 1. The van der Waals surface area contributed by atoms with Crippen LogP contribution in [-0.4, -0.2) is 21.9 Å². The molecule has 0 saturated carbocycles. The summed E-state index contributed by atoms with van der Waals surface area (Å²) in [5, 5.41) is 13.6. The van der Waals surface area contributed by atoms with Gasteiger partial charge in [-0.1, -0.05) is 18.2 Å². The number of rotatable bonds is 6. The van der Waals surface area contributed by atoms with E-state index in [1.807, 2.05) is 6.07 Å². The Morgan fingerprint density at radius 2 is 2.14 bits per heavy atom. The van der Waals surface area contributed by atoms with Crippen molar-refractivity contribution in [3.63, 3.8) is 0 Å². The highest BCUT2D eigenvalue weighted by Gasteiger charge is 2.20. The molecule has 0 spiro atoms. The van der Waals surface area contributed by atoms with Gasteiger partial charge < -0.3 is 10.1 Å². The van der Waals surface area contributed by atoms with Crippen LogP contribution in [0.1, 0.15) is 12.5 Å². The number of aromatic nitrogens is 1. The second kappa shape index (κ2) is 7.16. The Labute approximate surface area is 127 Å². The molecule has 22 heavy (non-hydrogen) atoms. The highest BCUT2D eigenvalue weighted by Crippen LogP contribution is 2.26. The number of pyridine rings is 1. The standard InChI is InChI=1S/C15H15N3O4/c1-11(15(19)17-10-12-5-4-8-16-9-12)22-14-7-3-2-6-13(14)18(20)21/h2-9,11H,10H2,1H3,(H,17,19). The molecule has 1 N–H and O–H groups in total. The van der Waals surface area contributed by atoms with Gasteiger partial charge in [0, 0.05) is 25.0 Å². The molecular weight excluding hydrogens is 286 g/mol. The summed E-state index contributed by atoms with van der Waals surface area (Å²) in [6.07, 6.45) is 2.44. The lowest BCUT2D eigenvalue weighted by molar-refractivity contribution is -0.386. The van der Waals surface area contributed by atoms with Crippen molar-refractivity contribution in [2.75, 3.05) is 0 Å². The van der Waals surface area contributed by atoms with Gasteiger partial charge in [0.2, 0.25) is 0 Å². The molecule has 1 heterocycles. The van der Waals surface area contributed by atoms with Crippen LogP contribution >= 0.6 is 0 Å². The van der Waals surface area contributed by atoms with E-state index in [1.54, 1.807) is 24.5 Å². The van der Waals surface area contributed by atoms with Crippen molar-refractivity contribution in [2.45, 2.75) is 19.6 Å². The lowest BCUT2D eigenvalue weighted by Gasteiger charge is -2.14. The SMILES string of the molecule is CC(Oc1ccccc1[N+](=O)[O-])C(=O)NCc1cccnc1. The van der Waals surface area contributed by atoms with Crippen LogP contribution in [-0.2, 0) is 11.3 Å². The van der Waals surface area contributed by atoms with Crippen LogP contribution < -0.4 is 10.1 Å². The van der Waals surface area contributed by atoms with Gasteiger partial charge in [-0.2, -0.15) is 0 Å². The van der Waals surface area contributed by atoms with E-state index < -0.39 is 11.0 Å². The quantitative estimate of drug-likeness (QED) is 0.651. The minimum Gasteiger partial charge on any atom is -0.474 e. The summed E-state index contributed by atoms with van der Waals surface area (Å²) in [5.74, 6) is -0.293. The lowest BCUT2D eigenvalue weighted by atomic mass is 10.2. The number of ether oxygens (including phenoxy) is 1. The molecule has 0 saturated heterocycles. The number of nitro groups is 1. The summed E-state index contributed by atoms with van der Waals surface area (Å²) in [4.78, 5) is 26.3. The van der Waals surface area contributed by atoms with E-state index in [0.717, 1.165) is 5.56 Å². The van der Waals surface area contributed by atoms with Crippen LogP contribution in [0.4, 0.5) is 5.69 Å². The lowest BCUT2D eigenvalue weighted by Crippen LogP contribution is -2.36. The Morgan fingerprint density at radius 3 is 2.82 bits per heavy atom. The summed E-state index contributed by atoms with van der Waals surface area (Å²) in [6, 6.07) is 9.55. The molecule has 2 aromatic rings. The molecule has 0 aliphatic heterocycles. The summed E-state index contributed by atoms with van der Waals surface area (Å²) in [5.41, 5.74) is 0.683. The normalized spacial score (nSPS) is 11.5. The van der Waals surface area contributed by atoms with E-state index in [4.69, 9.17) is 4.74 Å². The number of nitrogens with zero attached hydrogens (tertiary/aromatic N) is 2. The summed E-state index contributed by atoms with van der Waals surface area (Å²) >= 11 is 0. The molecule has 0 radical (unpaired) electrons. The molecule has 7 nitrogen and oxygen atoms in total. The Balaban J connectivity index is 1.96. The third-order valence-corrected chi connectivity index (χ3v) is 2.92. The van der Waals surface area contributed by atoms with Gasteiger partial charge in [-0.15, -0.1) is 0 Å². The zero-order chi connectivity index (χ0) is 15.9. The molecular formula is C15H15N3O4. The number of nitrogens with one attached hydrogen (secondary N) is 1. The van der Waals surface area contributed by atoms with Gasteiger partial charge in [0.15, 0.2) is 11.9 Å². The molecule has 114 valence electrons. The second-order valence-corrected chi connectivity index (χ2v) is 4.56. The Morgan fingerprint density at radius 1 is 1.36 bits per heavy atom. The van der Waals surface area contributed by atoms with E-state index in [2.05, 4.69) is 10.3 Å². The van der Waals surface area contributed by atoms with Gasteiger partial charge in [0.05, 0.1) is 4.92 Å².